The van der Waals surface area contributed by atoms with Gasteiger partial charge in [0.2, 0.25) is 0 Å². The maximum Gasteiger partial charge on any atom is 0.156 e. The molecule has 6 heteroatoms. The Morgan fingerprint density at radius 2 is 1.85 bits per heavy atom. The van der Waals surface area contributed by atoms with Gasteiger partial charge < -0.3 is 15.7 Å². The molecule has 118 valence electrons. The summed E-state index contributed by atoms with van der Waals surface area (Å²) in [7, 11) is 0. The van der Waals surface area contributed by atoms with Crippen LogP contribution in [0.5, 0.6) is 0 Å². The lowest BCUT2D eigenvalue weighted by Crippen LogP contribution is -2.53. The largest absolute Gasteiger partial charge is 0.409 e. The van der Waals surface area contributed by atoms with E-state index in [4.69, 9.17) is 15.7 Å². The van der Waals surface area contributed by atoms with Crippen LogP contribution in [-0.2, 0) is 4.74 Å². The summed E-state index contributed by atoms with van der Waals surface area (Å²) in [6.45, 7) is 13.0. The topological polar surface area (TPSA) is 74.3 Å². The van der Waals surface area contributed by atoms with E-state index in [9.17, 15) is 0 Å². The molecule has 0 aliphatic carbocycles. The van der Waals surface area contributed by atoms with Gasteiger partial charge in [0, 0.05) is 39.3 Å². The number of nitrogens with two attached hydrogens (primary N) is 1. The molecular weight excluding hydrogens is 256 g/mol. The first-order valence-electron chi connectivity index (χ1n) is 7.56. The summed E-state index contributed by atoms with van der Waals surface area (Å²) in [6, 6.07) is 0.00411. The van der Waals surface area contributed by atoms with Crippen LogP contribution in [0.15, 0.2) is 5.16 Å². The Morgan fingerprint density at radius 3 is 2.40 bits per heavy atom. The lowest BCUT2D eigenvalue weighted by Gasteiger charge is -2.37. The van der Waals surface area contributed by atoms with E-state index in [-0.39, 0.29) is 11.9 Å². The second-order valence-electron chi connectivity index (χ2n) is 5.87. The molecule has 0 amide bonds. The van der Waals surface area contributed by atoms with Gasteiger partial charge in [-0.05, 0) is 19.3 Å². The number of piperazine rings is 1. The lowest BCUT2D eigenvalue weighted by atomic mass is 10.1. The predicted molar refractivity (Wildman–Crippen MR) is 81.2 cm³/mol. The molecule has 1 rings (SSSR count). The highest BCUT2D eigenvalue weighted by molar-refractivity contribution is 5.84. The van der Waals surface area contributed by atoms with Crippen molar-refractivity contribution in [2.24, 2.45) is 16.8 Å². The van der Waals surface area contributed by atoms with Crippen LogP contribution in [0.1, 0.15) is 27.2 Å². The zero-order valence-corrected chi connectivity index (χ0v) is 13.1. The minimum Gasteiger partial charge on any atom is -0.409 e. The third-order valence-electron chi connectivity index (χ3n) is 3.89. The van der Waals surface area contributed by atoms with Crippen LogP contribution in [0.4, 0.5) is 0 Å². The molecule has 0 aromatic heterocycles. The van der Waals surface area contributed by atoms with Gasteiger partial charge in [-0.3, -0.25) is 9.80 Å². The van der Waals surface area contributed by atoms with Crippen molar-refractivity contribution in [3.05, 3.63) is 0 Å². The molecule has 1 fully saturated rings. The first-order valence-corrected chi connectivity index (χ1v) is 7.56. The molecule has 1 aliphatic rings. The summed E-state index contributed by atoms with van der Waals surface area (Å²) >= 11 is 0. The highest BCUT2D eigenvalue weighted by atomic mass is 16.5. The molecular formula is C14H30N4O2. The first-order chi connectivity index (χ1) is 9.54. The van der Waals surface area contributed by atoms with Crippen molar-refractivity contribution in [2.45, 2.75) is 33.2 Å². The molecule has 1 aliphatic heterocycles. The van der Waals surface area contributed by atoms with Gasteiger partial charge in [-0.2, -0.15) is 0 Å². The number of hydrogen-bond acceptors (Lipinski definition) is 5. The zero-order valence-electron chi connectivity index (χ0n) is 13.1. The van der Waals surface area contributed by atoms with E-state index in [1.54, 1.807) is 0 Å². The minimum atomic E-state index is 0.00411. The average molecular weight is 286 g/mol. The van der Waals surface area contributed by atoms with Crippen LogP contribution < -0.4 is 5.73 Å². The standard InChI is InChI=1S/C14H30N4O2/c1-12(2)4-10-20-11-9-17-5-7-18(8-6-17)13(3)14(15)16-19/h12-13,19H,4-11H2,1-3H3,(H2,15,16). The van der Waals surface area contributed by atoms with Gasteiger partial charge in [0.1, 0.15) is 0 Å². The summed E-state index contributed by atoms with van der Waals surface area (Å²) in [4.78, 5) is 4.65. The molecule has 0 bridgehead atoms. The predicted octanol–water partition coefficient (Wildman–Crippen LogP) is 0.802. The van der Waals surface area contributed by atoms with Crippen LogP contribution in [0.2, 0.25) is 0 Å². The van der Waals surface area contributed by atoms with Crippen LogP contribution >= 0.6 is 0 Å². The molecule has 6 nitrogen and oxygen atoms in total. The SMILES string of the molecule is CC(C)CCOCCN1CCN(C(C)C(N)=NO)CC1. The van der Waals surface area contributed by atoms with E-state index in [0.717, 1.165) is 52.4 Å². The van der Waals surface area contributed by atoms with Crippen molar-refractivity contribution < 1.29 is 9.94 Å². The van der Waals surface area contributed by atoms with Gasteiger partial charge in [0.05, 0.1) is 12.6 Å². The second kappa shape index (κ2) is 9.15. The number of rotatable bonds is 8. The second-order valence-corrected chi connectivity index (χ2v) is 5.87. The molecule has 1 heterocycles. The van der Waals surface area contributed by atoms with Crippen molar-refractivity contribution in [1.82, 2.24) is 9.80 Å². The van der Waals surface area contributed by atoms with Crippen molar-refractivity contribution in [3.63, 3.8) is 0 Å². The summed E-state index contributed by atoms with van der Waals surface area (Å²) in [5.41, 5.74) is 5.64. The first kappa shape index (κ1) is 17.2. The maximum absolute atomic E-state index is 8.70. The smallest absolute Gasteiger partial charge is 0.156 e. The maximum atomic E-state index is 8.70. The van der Waals surface area contributed by atoms with Gasteiger partial charge in [-0.25, -0.2) is 0 Å². The Kier molecular flexibility index (Phi) is 7.87. The molecule has 0 saturated carbocycles. The summed E-state index contributed by atoms with van der Waals surface area (Å²) in [6.07, 6.45) is 1.13. The minimum absolute atomic E-state index is 0.00411. The molecule has 0 spiro atoms. The Balaban J connectivity index is 2.13. The van der Waals surface area contributed by atoms with Gasteiger partial charge in [-0.15, -0.1) is 0 Å². The van der Waals surface area contributed by atoms with Gasteiger partial charge in [-0.1, -0.05) is 19.0 Å². The highest BCUT2D eigenvalue weighted by Crippen LogP contribution is 2.06. The Morgan fingerprint density at radius 1 is 1.20 bits per heavy atom. The van der Waals surface area contributed by atoms with E-state index in [2.05, 4.69) is 28.8 Å². The van der Waals surface area contributed by atoms with Crippen molar-refractivity contribution in [1.29, 1.82) is 0 Å². The van der Waals surface area contributed by atoms with Crippen molar-refractivity contribution >= 4 is 5.84 Å². The third kappa shape index (κ3) is 6.07. The molecule has 0 aromatic rings. The molecule has 0 radical (unpaired) electrons. The number of ether oxygens (including phenoxy) is 1. The van der Waals surface area contributed by atoms with E-state index in [0.29, 0.717) is 5.92 Å². The average Bonchev–Trinajstić information content (AvgIpc) is 2.45. The summed E-state index contributed by atoms with van der Waals surface area (Å²) in [5, 5.41) is 11.8. The van der Waals surface area contributed by atoms with E-state index in [1.807, 2.05) is 6.92 Å². The van der Waals surface area contributed by atoms with Gasteiger partial charge in [0.15, 0.2) is 5.84 Å². The Bertz CT molecular complexity index is 289. The zero-order chi connectivity index (χ0) is 15.0. The van der Waals surface area contributed by atoms with Gasteiger partial charge >= 0.3 is 0 Å². The Hall–Kier alpha value is -0.850. The van der Waals surface area contributed by atoms with Crippen LogP contribution in [-0.4, -0.2) is 72.8 Å². The molecule has 1 unspecified atom stereocenters. The van der Waals surface area contributed by atoms with Crippen LogP contribution in [0.3, 0.4) is 0 Å². The molecule has 20 heavy (non-hydrogen) atoms. The number of oxime groups is 1. The highest BCUT2D eigenvalue weighted by Gasteiger charge is 2.23. The number of amidine groups is 1. The normalized spacial score (nSPS) is 20.5. The fourth-order valence-electron chi connectivity index (χ4n) is 2.26. The fourth-order valence-corrected chi connectivity index (χ4v) is 2.26. The van der Waals surface area contributed by atoms with E-state index in [1.165, 1.54) is 0 Å². The molecule has 1 saturated heterocycles. The number of nitrogens with zero attached hydrogens (tertiary/aromatic N) is 3. The monoisotopic (exact) mass is 286 g/mol. The van der Waals surface area contributed by atoms with E-state index >= 15 is 0 Å². The molecule has 3 N–H and O–H groups in total. The van der Waals surface area contributed by atoms with Crippen LogP contribution in [0, 0.1) is 5.92 Å². The third-order valence-corrected chi connectivity index (χ3v) is 3.89. The quantitative estimate of drug-likeness (QED) is 0.227. The van der Waals surface area contributed by atoms with E-state index < -0.39 is 0 Å². The Labute approximate surface area is 122 Å². The summed E-state index contributed by atoms with van der Waals surface area (Å²) in [5.74, 6) is 0.995. The fraction of sp³-hybridized carbons (Fsp3) is 0.929. The van der Waals surface area contributed by atoms with Crippen molar-refractivity contribution in [2.75, 3.05) is 45.9 Å². The summed E-state index contributed by atoms with van der Waals surface area (Å²) < 4.78 is 5.65. The van der Waals surface area contributed by atoms with Crippen molar-refractivity contribution in [3.8, 4) is 0 Å². The number of hydrogen-bond donors (Lipinski definition) is 2. The molecule has 0 aromatic carbocycles. The molecule has 1 atom stereocenters. The van der Waals surface area contributed by atoms with Crippen LogP contribution in [0.25, 0.3) is 0 Å². The lowest BCUT2D eigenvalue weighted by molar-refractivity contribution is 0.0677. The van der Waals surface area contributed by atoms with Gasteiger partial charge in [0.25, 0.3) is 0 Å².